The first-order chi connectivity index (χ1) is 14.3. The summed E-state index contributed by atoms with van der Waals surface area (Å²) in [5.74, 6) is 0.0776. The number of likely N-dealkylation sites (N-methyl/N-ethyl adjacent to an activating group) is 1. The highest BCUT2D eigenvalue weighted by Crippen LogP contribution is 2.24. The van der Waals surface area contributed by atoms with Gasteiger partial charge in [0.2, 0.25) is 0 Å². The van der Waals surface area contributed by atoms with Crippen molar-refractivity contribution >= 4 is 5.91 Å². The van der Waals surface area contributed by atoms with Crippen molar-refractivity contribution < 1.29 is 4.79 Å². The topological polar surface area (TPSA) is 52.2 Å². The van der Waals surface area contributed by atoms with E-state index in [9.17, 15) is 4.79 Å². The normalized spacial score (nSPS) is 16.8. The molecule has 1 aliphatic heterocycles. The maximum absolute atomic E-state index is 13.4. The second kappa shape index (κ2) is 9.05. The van der Waals surface area contributed by atoms with Crippen LogP contribution in [0.15, 0.2) is 66.9 Å². The molecule has 150 valence electrons. The molecule has 3 aromatic rings. The standard InChI is InChI=1S/C24H28N4O/c1-2-27-15-9-14-22(27)18-28(24(29)20-12-7-4-8-13-20)17-21-16-25-26-23(21)19-10-5-3-6-11-19/h3-8,10-13,16,22H,2,9,14-15,17-18H2,1H3,(H,25,26)/t22-/m1/s1. The average molecular weight is 389 g/mol. The Morgan fingerprint density at radius 3 is 2.59 bits per heavy atom. The zero-order valence-corrected chi connectivity index (χ0v) is 16.9. The van der Waals surface area contributed by atoms with Gasteiger partial charge >= 0.3 is 0 Å². The van der Waals surface area contributed by atoms with Gasteiger partial charge in [-0.1, -0.05) is 55.5 Å². The third kappa shape index (κ3) is 4.40. The zero-order chi connectivity index (χ0) is 20.1. The van der Waals surface area contributed by atoms with Crippen molar-refractivity contribution in [3.05, 3.63) is 78.0 Å². The van der Waals surface area contributed by atoms with Gasteiger partial charge in [0, 0.05) is 30.3 Å². The fourth-order valence-corrected chi connectivity index (χ4v) is 4.25. The van der Waals surface area contributed by atoms with Crippen LogP contribution < -0.4 is 0 Å². The lowest BCUT2D eigenvalue weighted by Gasteiger charge is -2.30. The van der Waals surface area contributed by atoms with Crippen molar-refractivity contribution in [2.24, 2.45) is 0 Å². The van der Waals surface area contributed by atoms with Gasteiger partial charge in [0.25, 0.3) is 5.91 Å². The van der Waals surface area contributed by atoms with Gasteiger partial charge in [0.15, 0.2) is 0 Å². The molecule has 1 N–H and O–H groups in total. The molecule has 29 heavy (non-hydrogen) atoms. The van der Waals surface area contributed by atoms with Gasteiger partial charge in [-0.2, -0.15) is 5.10 Å². The molecule has 1 saturated heterocycles. The molecule has 2 heterocycles. The van der Waals surface area contributed by atoms with Crippen molar-refractivity contribution in [1.29, 1.82) is 0 Å². The number of likely N-dealkylation sites (tertiary alicyclic amines) is 1. The van der Waals surface area contributed by atoms with Crippen LogP contribution in [-0.4, -0.2) is 51.6 Å². The van der Waals surface area contributed by atoms with Crippen LogP contribution in [0.3, 0.4) is 0 Å². The van der Waals surface area contributed by atoms with Crippen LogP contribution in [0.2, 0.25) is 0 Å². The predicted molar refractivity (Wildman–Crippen MR) is 115 cm³/mol. The Kier molecular flexibility index (Phi) is 6.06. The van der Waals surface area contributed by atoms with Crippen LogP contribution >= 0.6 is 0 Å². The third-order valence-corrected chi connectivity index (χ3v) is 5.79. The summed E-state index contributed by atoms with van der Waals surface area (Å²) in [6, 6.07) is 20.2. The lowest BCUT2D eigenvalue weighted by atomic mass is 10.1. The molecule has 1 fully saturated rings. The van der Waals surface area contributed by atoms with E-state index in [2.05, 4.69) is 34.2 Å². The molecule has 1 aromatic heterocycles. The molecule has 5 nitrogen and oxygen atoms in total. The molecule has 2 aromatic carbocycles. The van der Waals surface area contributed by atoms with Crippen molar-refractivity contribution in [3.63, 3.8) is 0 Å². The maximum Gasteiger partial charge on any atom is 0.254 e. The summed E-state index contributed by atoms with van der Waals surface area (Å²) >= 11 is 0. The number of carbonyl (C=O) groups excluding carboxylic acids is 1. The highest BCUT2D eigenvalue weighted by molar-refractivity contribution is 5.94. The minimum absolute atomic E-state index is 0.0776. The van der Waals surface area contributed by atoms with Crippen LogP contribution in [-0.2, 0) is 6.54 Å². The Balaban J connectivity index is 1.61. The first kappa shape index (κ1) is 19.4. The molecule has 1 atom stereocenters. The number of nitrogens with zero attached hydrogens (tertiary/aromatic N) is 3. The summed E-state index contributed by atoms with van der Waals surface area (Å²) in [6.45, 7) is 5.63. The van der Waals surface area contributed by atoms with E-state index >= 15 is 0 Å². The maximum atomic E-state index is 13.4. The summed E-state index contributed by atoms with van der Waals surface area (Å²) in [5, 5.41) is 7.39. The molecule has 5 heteroatoms. The number of aromatic nitrogens is 2. The van der Waals surface area contributed by atoms with E-state index in [0.717, 1.165) is 48.4 Å². The monoisotopic (exact) mass is 388 g/mol. The van der Waals surface area contributed by atoms with Crippen LogP contribution in [0, 0.1) is 0 Å². The minimum Gasteiger partial charge on any atom is -0.333 e. The third-order valence-electron chi connectivity index (χ3n) is 5.79. The molecule has 0 saturated carbocycles. The van der Waals surface area contributed by atoms with Gasteiger partial charge in [0.1, 0.15) is 0 Å². The first-order valence-electron chi connectivity index (χ1n) is 10.4. The quantitative estimate of drug-likeness (QED) is 0.660. The van der Waals surface area contributed by atoms with Crippen LogP contribution in [0.1, 0.15) is 35.7 Å². The molecule has 0 radical (unpaired) electrons. The Labute approximate surface area is 172 Å². The summed E-state index contributed by atoms with van der Waals surface area (Å²) in [6.07, 6.45) is 4.19. The number of aromatic amines is 1. The van der Waals surface area contributed by atoms with E-state index in [1.165, 1.54) is 6.42 Å². The second-order valence-corrected chi connectivity index (χ2v) is 7.61. The summed E-state index contributed by atoms with van der Waals surface area (Å²) in [5.41, 5.74) is 3.85. The van der Waals surface area contributed by atoms with Gasteiger partial charge in [-0.3, -0.25) is 14.8 Å². The minimum atomic E-state index is 0.0776. The molecular formula is C24H28N4O. The van der Waals surface area contributed by atoms with E-state index in [1.807, 2.05) is 59.6 Å². The van der Waals surface area contributed by atoms with Crippen molar-refractivity contribution in [2.45, 2.75) is 32.4 Å². The highest BCUT2D eigenvalue weighted by atomic mass is 16.2. The van der Waals surface area contributed by atoms with E-state index < -0.39 is 0 Å². The highest BCUT2D eigenvalue weighted by Gasteiger charge is 2.28. The lowest BCUT2D eigenvalue weighted by Crippen LogP contribution is -2.42. The van der Waals surface area contributed by atoms with E-state index in [1.54, 1.807) is 0 Å². The second-order valence-electron chi connectivity index (χ2n) is 7.61. The smallest absolute Gasteiger partial charge is 0.254 e. The SMILES string of the molecule is CCN1CCC[C@@H]1CN(Cc1cn[nH]c1-c1ccccc1)C(=O)c1ccccc1. The van der Waals surface area contributed by atoms with E-state index in [-0.39, 0.29) is 5.91 Å². The number of H-pyrrole nitrogens is 1. The molecule has 0 spiro atoms. The molecular weight excluding hydrogens is 360 g/mol. The van der Waals surface area contributed by atoms with Crippen molar-refractivity contribution in [3.8, 4) is 11.3 Å². The molecule has 1 amide bonds. The Morgan fingerprint density at radius 2 is 1.86 bits per heavy atom. The predicted octanol–water partition coefficient (Wildman–Crippen LogP) is 4.20. The molecule has 1 aliphatic rings. The Hall–Kier alpha value is -2.92. The van der Waals surface area contributed by atoms with Gasteiger partial charge in [-0.15, -0.1) is 0 Å². The first-order valence-corrected chi connectivity index (χ1v) is 10.4. The fraction of sp³-hybridized carbons (Fsp3) is 0.333. The molecule has 4 rings (SSSR count). The molecule has 0 aliphatic carbocycles. The van der Waals surface area contributed by atoms with E-state index in [4.69, 9.17) is 0 Å². The number of hydrogen-bond donors (Lipinski definition) is 1. The zero-order valence-electron chi connectivity index (χ0n) is 16.9. The van der Waals surface area contributed by atoms with Crippen LogP contribution in [0.25, 0.3) is 11.3 Å². The lowest BCUT2D eigenvalue weighted by molar-refractivity contribution is 0.0692. The van der Waals surface area contributed by atoms with Crippen molar-refractivity contribution in [2.75, 3.05) is 19.6 Å². The van der Waals surface area contributed by atoms with Gasteiger partial charge in [0.05, 0.1) is 11.9 Å². The number of nitrogens with one attached hydrogen (secondary N) is 1. The van der Waals surface area contributed by atoms with Gasteiger partial charge in [-0.05, 0) is 43.6 Å². The summed E-state index contributed by atoms with van der Waals surface area (Å²) in [4.78, 5) is 17.9. The van der Waals surface area contributed by atoms with Crippen molar-refractivity contribution in [1.82, 2.24) is 20.0 Å². The van der Waals surface area contributed by atoms with Gasteiger partial charge < -0.3 is 4.90 Å². The van der Waals surface area contributed by atoms with Gasteiger partial charge in [-0.25, -0.2) is 0 Å². The number of hydrogen-bond acceptors (Lipinski definition) is 3. The number of amides is 1. The fourth-order valence-electron chi connectivity index (χ4n) is 4.25. The molecule has 0 bridgehead atoms. The van der Waals surface area contributed by atoms with E-state index in [0.29, 0.717) is 12.6 Å². The molecule has 0 unspecified atom stereocenters. The Bertz CT molecular complexity index is 922. The summed E-state index contributed by atoms with van der Waals surface area (Å²) < 4.78 is 0. The average Bonchev–Trinajstić information content (AvgIpc) is 3.43. The summed E-state index contributed by atoms with van der Waals surface area (Å²) in [7, 11) is 0. The number of benzene rings is 2. The number of rotatable bonds is 7. The van der Waals surface area contributed by atoms with Crippen LogP contribution in [0.4, 0.5) is 0 Å². The number of carbonyl (C=O) groups is 1. The largest absolute Gasteiger partial charge is 0.333 e. The van der Waals surface area contributed by atoms with Crippen LogP contribution in [0.5, 0.6) is 0 Å². The Morgan fingerprint density at radius 1 is 1.14 bits per heavy atom.